The van der Waals surface area contributed by atoms with Crippen molar-refractivity contribution in [1.29, 1.82) is 0 Å². The van der Waals surface area contributed by atoms with Crippen molar-refractivity contribution in [1.82, 2.24) is 14.5 Å². The number of benzene rings is 2. The smallest absolute Gasteiger partial charge is 0.233 e. The number of hydrogen-bond donors (Lipinski definition) is 0. The van der Waals surface area contributed by atoms with Crippen molar-refractivity contribution in [2.45, 2.75) is 44.3 Å². The molecule has 0 aliphatic carbocycles. The van der Waals surface area contributed by atoms with E-state index in [1.165, 1.54) is 17.3 Å². The number of fused-ring (bicyclic) bond motifs is 1. The molecule has 0 saturated carbocycles. The average molecular weight is 472 g/mol. The molecule has 32 heavy (non-hydrogen) atoms. The first-order valence-electron chi connectivity index (χ1n) is 11.0. The highest BCUT2D eigenvalue weighted by atomic mass is 32.2. The highest BCUT2D eigenvalue weighted by Gasteiger charge is 2.34. The van der Waals surface area contributed by atoms with Gasteiger partial charge >= 0.3 is 0 Å². The summed E-state index contributed by atoms with van der Waals surface area (Å²) in [5.74, 6) is 0.460. The van der Waals surface area contributed by atoms with Crippen molar-refractivity contribution in [3.8, 4) is 5.69 Å². The van der Waals surface area contributed by atoms with Gasteiger partial charge in [-0.25, -0.2) is 13.4 Å². The molecule has 1 unspecified atom stereocenters. The molecule has 0 N–H and O–H groups in total. The molecule has 1 amide bonds. The van der Waals surface area contributed by atoms with Gasteiger partial charge in [-0.1, -0.05) is 54.9 Å². The maximum Gasteiger partial charge on any atom is 0.233 e. The first-order chi connectivity index (χ1) is 15.4. The van der Waals surface area contributed by atoms with E-state index in [4.69, 9.17) is 4.98 Å². The zero-order valence-corrected chi connectivity index (χ0v) is 20.2. The fourth-order valence-corrected chi connectivity index (χ4v) is 6.76. The summed E-state index contributed by atoms with van der Waals surface area (Å²) in [7, 11) is -3.05. The number of nitrogens with zero attached hydrogens (tertiary/aromatic N) is 3. The van der Waals surface area contributed by atoms with Gasteiger partial charge in [0, 0.05) is 18.3 Å². The second-order valence-corrected chi connectivity index (χ2v) is 11.5. The van der Waals surface area contributed by atoms with E-state index in [9.17, 15) is 13.2 Å². The van der Waals surface area contributed by atoms with Crippen LogP contribution in [-0.4, -0.2) is 58.6 Å². The molecule has 170 valence electrons. The van der Waals surface area contributed by atoms with Crippen molar-refractivity contribution < 1.29 is 13.2 Å². The minimum atomic E-state index is -3.05. The molecule has 0 spiro atoms. The molecule has 4 rings (SSSR count). The molecule has 0 bridgehead atoms. The van der Waals surface area contributed by atoms with Gasteiger partial charge in [-0.3, -0.25) is 9.36 Å². The molecule has 0 radical (unpaired) electrons. The van der Waals surface area contributed by atoms with E-state index in [1.54, 1.807) is 4.90 Å². The van der Waals surface area contributed by atoms with Crippen LogP contribution in [0.5, 0.6) is 0 Å². The van der Waals surface area contributed by atoms with Gasteiger partial charge in [0.05, 0.1) is 28.3 Å². The monoisotopic (exact) mass is 471 g/mol. The van der Waals surface area contributed by atoms with Gasteiger partial charge in [0.15, 0.2) is 15.0 Å². The van der Waals surface area contributed by atoms with Crippen LogP contribution in [0.15, 0.2) is 53.7 Å². The molecule has 1 fully saturated rings. The van der Waals surface area contributed by atoms with E-state index in [1.807, 2.05) is 24.3 Å². The summed E-state index contributed by atoms with van der Waals surface area (Å²) in [5, 5.41) is 0.762. The van der Waals surface area contributed by atoms with Crippen LogP contribution in [0.3, 0.4) is 0 Å². The van der Waals surface area contributed by atoms with Crippen LogP contribution in [0.25, 0.3) is 16.7 Å². The highest BCUT2D eigenvalue weighted by Crippen LogP contribution is 2.29. The van der Waals surface area contributed by atoms with E-state index in [2.05, 4.69) is 42.7 Å². The lowest BCUT2D eigenvalue weighted by Crippen LogP contribution is -2.42. The van der Waals surface area contributed by atoms with Gasteiger partial charge in [-0.2, -0.15) is 0 Å². The maximum absolute atomic E-state index is 13.2. The van der Waals surface area contributed by atoms with E-state index in [0.29, 0.717) is 13.0 Å². The molecule has 6 nitrogen and oxygen atoms in total. The Labute approximate surface area is 193 Å². The van der Waals surface area contributed by atoms with Crippen LogP contribution in [0.1, 0.15) is 31.7 Å². The summed E-state index contributed by atoms with van der Waals surface area (Å²) < 4.78 is 26.1. The zero-order chi connectivity index (χ0) is 22.7. The third-order valence-corrected chi connectivity index (χ3v) is 8.54. The lowest BCUT2D eigenvalue weighted by atomic mass is 10.2. The van der Waals surface area contributed by atoms with Crippen molar-refractivity contribution in [2.24, 2.45) is 0 Å². The maximum atomic E-state index is 13.2. The topological polar surface area (TPSA) is 72.3 Å². The van der Waals surface area contributed by atoms with Crippen LogP contribution in [-0.2, 0) is 14.6 Å². The zero-order valence-electron chi connectivity index (χ0n) is 18.5. The third-order valence-electron chi connectivity index (χ3n) is 5.87. The predicted molar refractivity (Wildman–Crippen MR) is 130 cm³/mol. The van der Waals surface area contributed by atoms with Gasteiger partial charge in [0.25, 0.3) is 0 Å². The number of unbranched alkanes of at least 4 members (excludes halogenated alkanes) is 1. The van der Waals surface area contributed by atoms with Crippen molar-refractivity contribution >= 4 is 38.5 Å². The number of imidazole rings is 1. The molecule has 1 aliphatic rings. The number of aromatic nitrogens is 2. The molecule has 1 aliphatic heterocycles. The minimum absolute atomic E-state index is 0.0203. The number of rotatable bonds is 8. The number of amides is 1. The lowest BCUT2D eigenvalue weighted by molar-refractivity contribution is -0.130. The molecular weight excluding hydrogens is 442 g/mol. The first-order valence-corrected chi connectivity index (χ1v) is 13.9. The Balaban J connectivity index is 1.58. The number of carbonyl (C=O) groups is 1. The Morgan fingerprint density at radius 3 is 2.62 bits per heavy atom. The summed E-state index contributed by atoms with van der Waals surface area (Å²) in [5.41, 5.74) is 4.06. The summed E-state index contributed by atoms with van der Waals surface area (Å²) in [6.07, 6.45) is 2.36. The van der Waals surface area contributed by atoms with E-state index in [-0.39, 0.29) is 29.2 Å². The Morgan fingerprint density at radius 1 is 1.19 bits per heavy atom. The van der Waals surface area contributed by atoms with Crippen LogP contribution in [0.2, 0.25) is 0 Å². The van der Waals surface area contributed by atoms with Crippen molar-refractivity contribution in [3.63, 3.8) is 0 Å². The average Bonchev–Trinajstić information content (AvgIpc) is 3.32. The largest absolute Gasteiger partial charge is 0.338 e. The normalized spacial score (nSPS) is 17.6. The van der Waals surface area contributed by atoms with E-state index < -0.39 is 9.84 Å². The second-order valence-electron chi connectivity index (χ2n) is 8.34. The van der Waals surface area contributed by atoms with Crippen LogP contribution < -0.4 is 0 Å². The molecule has 2 aromatic carbocycles. The van der Waals surface area contributed by atoms with Gasteiger partial charge in [0.2, 0.25) is 5.91 Å². The van der Waals surface area contributed by atoms with Gasteiger partial charge in [-0.15, -0.1) is 0 Å². The Morgan fingerprint density at radius 2 is 1.94 bits per heavy atom. The standard InChI is InChI=1S/C24H29N3O3S2/c1-3-4-14-26(20-13-15-32(29,30)17-20)23(28)16-31-24-25-21-7-5-6-8-22(21)27(24)19-11-9-18(2)10-12-19/h5-12,20H,3-4,13-17H2,1-2H3. The molecule has 3 aromatic rings. The number of sulfone groups is 1. The fraction of sp³-hybridized carbons (Fsp3) is 0.417. The summed E-state index contributed by atoms with van der Waals surface area (Å²) in [4.78, 5) is 19.8. The summed E-state index contributed by atoms with van der Waals surface area (Å²) in [6, 6.07) is 16.0. The predicted octanol–water partition coefficient (Wildman–Crippen LogP) is 4.24. The number of carbonyl (C=O) groups excluding carboxylic acids is 1. The van der Waals surface area contributed by atoms with E-state index in [0.717, 1.165) is 34.7 Å². The number of hydrogen-bond acceptors (Lipinski definition) is 5. The Hall–Kier alpha value is -2.32. The summed E-state index contributed by atoms with van der Waals surface area (Å²) in [6.45, 7) is 4.73. The minimum Gasteiger partial charge on any atom is -0.338 e. The SMILES string of the molecule is CCCCN(C(=O)CSc1nc2ccccc2n1-c1ccc(C)cc1)C1CCS(=O)(=O)C1. The van der Waals surface area contributed by atoms with Crippen LogP contribution >= 0.6 is 11.8 Å². The van der Waals surface area contributed by atoms with Crippen LogP contribution in [0, 0.1) is 6.92 Å². The number of thioether (sulfide) groups is 1. The molecule has 1 saturated heterocycles. The molecule has 1 atom stereocenters. The Kier molecular flexibility index (Phi) is 6.90. The third kappa shape index (κ3) is 5.02. The van der Waals surface area contributed by atoms with Gasteiger partial charge < -0.3 is 4.90 Å². The highest BCUT2D eigenvalue weighted by molar-refractivity contribution is 7.99. The molecule has 2 heterocycles. The van der Waals surface area contributed by atoms with E-state index >= 15 is 0 Å². The second kappa shape index (κ2) is 9.67. The number of aryl methyl sites for hydroxylation is 1. The fourth-order valence-electron chi connectivity index (χ4n) is 4.11. The van der Waals surface area contributed by atoms with Crippen molar-refractivity contribution in [3.05, 3.63) is 54.1 Å². The number of para-hydroxylation sites is 2. The lowest BCUT2D eigenvalue weighted by Gasteiger charge is -2.28. The molecule has 8 heteroatoms. The molecular formula is C24H29N3O3S2. The van der Waals surface area contributed by atoms with Gasteiger partial charge in [0.1, 0.15) is 0 Å². The molecule has 1 aromatic heterocycles. The summed E-state index contributed by atoms with van der Waals surface area (Å²) >= 11 is 1.41. The Bertz CT molecular complexity index is 1200. The van der Waals surface area contributed by atoms with Gasteiger partial charge in [-0.05, 0) is 44.0 Å². The quantitative estimate of drug-likeness (QED) is 0.460. The first kappa shape index (κ1) is 22.9. The van der Waals surface area contributed by atoms with Crippen molar-refractivity contribution in [2.75, 3.05) is 23.8 Å². The van der Waals surface area contributed by atoms with Crippen LogP contribution in [0.4, 0.5) is 0 Å².